The summed E-state index contributed by atoms with van der Waals surface area (Å²) in [4.78, 5) is 16.0. The Bertz CT molecular complexity index is 580. The summed E-state index contributed by atoms with van der Waals surface area (Å²) in [6.45, 7) is 3.74. The van der Waals surface area contributed by atoms with Crippen molar-refractivity contribution in [1.82, 2.24) is 20.5 Å². The largest absolute Gasteiger partial charge is 0.481 e. The second kappa shape index (κ2) is 5.51. The molecule has 2 rings (SSSR count). The molecule has 6 nitrogen and oxygen atoms in total. The molecule has 2 heterocycles. The van der Waals surface area contributed by atoms with E-state index in [1.165, 1.54) is 0 Å². The van der Waals surface area contributed by atoms with Gasteiger partial charge < -0.3 is 10.1 Å². The molecule has 2 aromatic heterocycles. The predicted octanol–water partition coefficient (Wildman–Crippen LogP) is 1.61. The van der Waals surface area contributed by atoms with Crippen LogP contribution in [0, 0.1) is 6.92 Å². The Balaban J connectivity index is 2.08. The second-order valence-corrected chi connectivity index (χ2v) is 4.26. The monoisotopic (exact) mass is 260 g/mol. The molecule has 0 radical (unpaired) electrons. The van der Waals surface area contributed by atoms with Crippen LogP contribution >= 0.6 is 0 Å². The number of hydrogen-bond acceptors (Lipinski definition) is 4. The standard InChI is InChI=1S/C13H16N4O2/c1-8-6-11(17-16-8)13(18)15-9(2)10-4-5-14-12(7-10)19-3/h4-7,9H,1-3H3,(H,15,18)(H,16,17). The zero-order valence-corrected chi connectivity index (χ0v) is 11.1. The SMILES string of the molecule is COc1cc(C(C)NC(=O)c2cc(C)[nH]n2)ccn1. The molecule has 0 saturated heterocycles. The number of methoxy groups -OCH3 is 1. The van der Waals surface area contributed by atoms with Gasteiger partial charge in [0.15, 0.2) is 0 Å². The van der Waals surface area contributed by atoms with E-state index in [9.17, 15) is 4.79 Å². The summed E-state index contributed by atoms with van der Waals surface area (Å²) in [7, 11) is 1.56. The van der Waals surface area contributed by atoms with Crippen molar-refractivity contribution in [3.63, 3.8) is 0 Å². The maximum atomic E-state index is 12.0. The number of nitrogens with zero attached hydrogens (tertiary/aromatic N) is 2. The highest BCUT2D eigenvalue weighted by atomic mass is 16.5. The molecule has 2 N–H and O–H groups in total. The van der Waals surface area contributed by atoms with Gasteiger partial charge in [-0.05, 0) is 31.5 Å². The van der Waals surface area contributed by atoms with E-state index in [1.54, 1.807) is 25.4 Å². The van der Waals surface area contributed by atoms with Crippen LogP contribution in [0.15, 0.2) is 24.4 Å². The van der Waals surface area contributed by atoms with E-state index < -0.39 is 0 Å². The maximum absolute atomic E-state index is 12.0. The predicted molar refractivity (Wildman–Crippen MR) is 70.0 cm³/mol. The molecule has 0 fully saturated rings. The zero-order chi connectivity index (χ0) is 13.8. The number of nitrogens with one attached hydrogen (secondary N) is 2. The first-order valence-corrected chi connectivity index (χ1v) is 5.93. The Hall–Kier alpha value is -2.37. The number of rotatable bonds is 4. The summed E-state index contributed by atoms with van der Waals surface area (Å²) in [6.07, 6.45) is 1.65. The Kier molecular flexibility index (Phi) is 3.79. The number of aromatic amines is 1. The van der Waals surface area contributed by atoms with Gasteiger partial charge in [0.1, 0.15) is 5.69 Å². The van der Waals surface area contributed by atoms with E-state index >= 15 is 0 Å². The van der Waals surface area contributed by atoms with E-state index in [0.717, 1.165) is 11.3 Å². The van der Waals surface area contributed by atoms with Crippen molar-refractivity contribution in [1.29, 1.82) is 0 Å². The van der Waals surface area contributed by atoms with Crippen LogP contribution < -0.4 is 10.1 Å². The molecule has 0 aromatic carbocycles. The average Bonchev–Trinajstić information content (AvgIpc) is 2.85. The highest BCUT2D eigenvalue weighted by Crippen LogP contribution is 2.16. The third-order valence-electron chi connectivity index (χ3n) is 2.75. The normalized spacial score (nSPS) is 11.9. The number of aromatic nitrogens is 3. The molecule has 0 aliphatic heterocycles. The number of amides is 1. The number of ether oxygens (including phenoxy) is 1. The topological polar surface area (TPSA) is 79.9 Å². The Morgan fingerprint density at radius 1 is 1.47 bits per heavy atom. The van der Waals surface area contributed by atoms with Crippen LogP contribution in [-0.4, -0.2) is 28.2 Å². The maximum Gasteiger partial charge on any atom is 0.272 e. The zero-order valence-electron chi connectivity index (χ0n) is 11.1. The summed E-state index contributed by atoms with van der Waals surface area (Å²) in [5.74, 6) is 0.307. The third-order valence-corrected chi connectivity index (χ3v) is 2.75. The molecule has 0 spiro atoms. The molecule has 100 valence electrons. The molecule has 19 heavy (non-hydrogen) atoms. The van der Waals surface area contributed by atoms with E-state index in [4.69, 9.17) is 4.74 Å². The van der Waals surface area contributed by atoms with E-state index in [1.807, 2.05) is 19.9 Å². The van der Waals surface area contributed by atoms with Gasteiger partial charge in [-0.1, -0.05) is 0 Å². The van der Waals surface area contributed by atoms with Gasteiger partial charge in [-0.25, -0.2) is 4.98 Å². The van der Waals surface area contributed by atoms with Crippen LogP contribution in [0.5, 0.6) is 5.88 Å². The van der Waals surface area contributed by atoms with Crippen LogP contribution in [0.1, 0.15) is 34.7 Å². The molecule has 0 bridgehead atoms. The molecular formula is C13H16N4O2. The lowest BCUT2D eigenvalue weighted by molar-refractivity contribution is 0.0934. The minimum atomic E-state index is -0.215. The fraction of sp³-hybridized carbons (Fsp3) is 0.308. The number of H-pyrrole nitrogens is 1. The lowest BCUT2D eigenvalue weighted by Crippen LogP contribution is -2.27. The number of carbonyl (C=O) groups excluding carboxylic acids is 1. The lowest BCUT2D eigenvalue weighted by Gasteiger charge is -2.13. The van der Waals surface area contributed by atoms with Gasteiger partial charge >= 0.3 is 0 Å². The molecule has 1 atom stereocenters. The summed E-state index contributed by atoms with van der Waals surface area (Å²) < 4.78 is 5.06. The highest BCUT2D eigenvalue weighted by molar-refractivity contribution is 5.92. The molecule has 1 unspecified atom stereocenters. The van der Waals surface area contributed by atoms with Gasteiger partial charge in [0, 0.05) is 18.0 Å². The molecule has 6 heteroatoms. The van der Waals surface area contributed by atoms with Gasteiger partial charge in [-0.3, -0.25) is 9.89 Å². The van der Waals surface area contributed by atoms with Gasteiger partial charge in [0.25, 0.3) is 5.91 Å². The third kappa shape index (κ3) is 3.09. The van der Waals surface area contributed by atoms with Crippen molar-refractivity contribution in [2.75, 3.05) is 7.11 Å². The van der Waals surface area contributed by atoms with Crippen LogP contribution in [-0.2, 0) is 0 Å². The van der Waals surface area contributed by atoms with Gasteiger partial charge in [0.2, 0.25) is 5.88 Å². The summed E-state index contributed by atoms with van der Waals surface area (Å²) in [6, 6.07) is 5.18. The number of pyridine rings is 1. The number of aryl methyl sites for hydroxylation is 1. The molecule has 0 aliphatic rings. The minimum Gasteiger partial charge on any atom is -0.481 e. The quantitative estimate of drug-likeness (QED) is 0.875. The van der Waals surface area contributed by atoms with Crippen LogP contribution in [0.4, 0.5) is 0 Å². The van der Waals surface area contributed by atoms with Gasteiger partial charge in [-0.15, -0.1) is 0 Å². The summed E-state index contributed by atoms with van der Waals surface area (Å²) in [5.41, 5.74) is 2.15. The van der Waals surface area contributed by atoms with Crippen molar-refractivity contribution in [3.8, 4) is 5.88 Å². The molecule has 1 amide bonds. The average molecular weight is 260 g/mol. The fourth-order valence-corrected chi connectivity index (χ4v) is 1.69. The molecule has 2 aromatic rings. The van der Waals surface area contributed by atoms with Gasteiger partial charge in [0.05, 0.1) is 13.2 Å². The van der Waals surface area contributed by atoms with Crippen molar-refractivity contribution in [3.05, 3.63) is 41.3 Å². The van der Waals surface area contributed by atoms with Crippen molar-refractivity contribution < 1.29 is 9.53 Å². The number of carbonyl (C=O) groups is 1. The van der Waals surface area contributed by atoms with Crippen molar-refractivity contribution in [2.24, 2.45) is 0 Å². The van der Waals surface area contributed by atoms with Crippen molar-refractivity contribution in [2.45, 2.75) is 19.9 Å². The van der Waals surface area contributed by atoms with E-state index in [0.29, 0.717) is 11.6 Å². The molecule has 0 saturated carbocycles. The minimum absolute atomic E-state index is 0.151. The summed E-state index contributed by atoms with van der Waals surface area (Å²) in [5, 5.41) is 9.53. The van der Waals surface area contributed by atoms with E-state index in [-0.39, 0.29) is 11.9 Å². The van der Waals surface area contributed by atoms with Gasteiger partial charge in [-0.2, -0.15) is 5.10 Å². The van der Waals surface area contributed by atoms with Crippen LogP contribution in [0.25, 0.3) is 0 Å². The fourth-order valence-electron chi connectivity index (χ4n) is 1.69. The Morgan fingerprint density at radius 2 is 2.26 bits per heavy atom. The first-order chi connectivity index (χ1) is 9.10. The van der Waals surface area contributed by atoms with Crippen LogP contribution in [0.2, 0.25) is 0 Å². The first kappa shape index (κ1) is 13.1. The highest BCUT2D eigenvalue weighted by Gasteiger charge is 2.14. The van der Waals surface area contributed by atoms with E-state index in [2.05, 4.69) is 20.5 Å². The second-order valence-electron chi connectivity index (χ2n) is 4.26. The summed E-state index contributed by atoms with van der Waals surface area (Å²) >= 11 is 0. The smallest absolute Gasteiger partial charge is 0.272 e. The van der Waals surface area contributed by atoms with Crippen LogP contribution in [0.3, 0.4) is 0 Å². The lowest BCUT2D eigenvalue weighted by atomic mass is 10.1. The Morgan fingerprint density at radius 3 is 2.89 bits per heavy atom. The number of hydrogen-bond donors (Lipinski definition) is 2. The first-order valence-electron chi connectivity index (χ1n) is 5.93. The molecular weight excluding hydrogens is 244 g/mol. The Labute approximate surface area is 111 Å². The van der Waals surface area contributed by atoms with Crippen molar-refractivity contribution >= 4 is 5.91 Å². The molecule has 0 aliphatic carbocycles.